The lowest BCUT2D eigenvalue weighted by molar-refractivity contribution is 0.272. The van der Waals surface area contributed by atoms with E-state index in [0.29, 0.717) is 0 Å². The van der Waals surface area contributed by atoms with Gasteiger partial charge >= 0.3 is 0 Å². The van der Waals surface area contributed by atoms with Crippen molar-refractivity contribution in [1.82, 2.24) is 4.98 Å². The van der Waals surface area contributed by atoms with E-state index in [1.165, 1.54) is 0 Å². The maximum Gasteiger partial charge on any atom is 0.183 e. The SMILES string of the molecule is CC[C@H](CO)Nc1nc(-c2ccc(Br)cc2)cs1. The highest BCUT2D eigenvalue weighted by atomic mass is 79.9. The van der Waals surface area contributed by atoms with Crippen LogP contribution in [-0.2, 0) is 0 Å². The largest absolute Gasteiger partial charge is 0.394 e. The number of rotatable bonds is 5. The van der Waals surface area contributed by atoms with Crippen molar-refractivity contribution in [2.24, 2.45) is 0 Å². The molecule has 0 fully saturated rings. The molecule has 0 aliphatic carbocycles. The molecule has 2 rings (SSSR count). The number of aromatic nitrogens is 1. The van der Waals surface area contributed by atoms with Gasteiger partial charge in [0.25, 0.3) is 0 Å². The van der Waals surface area contributed by atoms with Crippen LogP contribution in [0.4, 0.5) is 5.13 Å². The van der Waals surface area contributed by atoms with E-state index in [1.807, 2.05) is 36.6 Å². The lowest BCUT2D eigenvalue weighted by Gasteiger charge is -2.12. The molecule has 2 N–H and O–H groups in total. The Labute approximate surface area is 119 Å². The molecule has 0 saturated carbocycles. The van der Waals surface area contributed by atoms with Crippen LogP contribution in [-0.4, -0.2) is 22.7 Å². The molecule has 0 aliphatic rings. The second-order valence-electron chi connectivity index (χ2n) is 3.98. The van der Waals surface area contributed by atoms with E-state index < -0.39 is 0 Å². The Kier molecular flexibility index (Phi) is 4.74. The standard InChI is InChI=1S/C13H15BrN2OS/c1-2-11(7-17)15-13-16-12(8-18-13)9-3-5-10(14)6-4-9/h3-6,8,11,17H,2,7H2,1H3,(H,15,16)/t11-/m1/s1. The van der Waals surface area contributed by atoms with Gasteiger partial charge in [-0.3, -0.25) is 0 Å². The number of halogens is 1. The molecule has 1 aromatic carbocycles. The predicted molar refractivity (Wildman–Crippen MR) is 80.0 cm³/mol. The average Bonchev–Trinajstić information content (AvgIpc) is 2.85. The van der Waals surface area contributed by atoms with Gasteiger partial charge in [0.05, 0.1) is 18.3 Å². The fourth-order valence-electron chi connectivity index (χ4n) is 1.54. The molecule has 3 nitrogen and oxygen atoms in total. The first-order valence-electron chi connectivity index (χ1n) is 5.81. The summed E-state index contributed by atoms with van der Waals surface area (Å²) in [5, 5.41) is 15.3. The molecule has 0 bridgehead atoms. The van der Waals surface area contributed by atoms with Crippen molar-refractivity contribution in [2.75, 3.05) is 11.9 Å². The van der Waals surface area contributed by atoms with Crippen LogP contribution in [0.3, 0.4) is 0 Å². The van der Waals surface area contributed by atoms with E-state index in [-0.39, 0.29) is 12.6 Å². The van der Waals surface area contributed by atoms with Crippen molar-refractivity contribution in [2.45, 2.75) is 19.4 Å². The minimum Gasteiger partial charge on any atom is -0.394 e. The third kappa shape index (κ3) is 3.31. The van der Waals surface area contributed by atoms with Crippen LogP contribution < -0.4 is 5.32 Å². The zero-order valence-electron chi connectivity index (χ0n) is 10.1. The van der Waals surface area contributed by atoms with E-state index in [9.17, 15) is 0 Å². The molecule has 0 unspecified atom stereocenters. The van der Waals surface area contributed by atoms with Gasteiger partial charge in [-0.15, -0.1) is 11.3 Å². The van der Waals surface area contributed by atoms with Gasteiger partial charge < -0.3 is 10.4 Å². The molecule has 0 saturated heterocycles. The van der Waals surface area contributed by atoms with Crippen molar-refractivity contribution >= 4 is 32.4 Å². The Balaban J connectivity index is 2.12. The van der Waals surface area contributed by atoms with Crippen molar-refractivity contribution in [3.05, 3.63) is 34.1 Å². The lowest BCUT2D eigenvalue weighted by atomic mass is 10.2. The van der Waals surface area contributed by atoms with Gasteiger partial charge in [0.15, 0.2) is 5.13 Å². The Hall–Kier alpha value is -0.910. The monoisotopic (exact) mass is 326 g/mol. The quantitative estimate of drug-likeness (QED) is 0.879. The summed E-state index contributed by atoms with van der Waals surface area (Å²) in [4.78, 5) is 4.53. The van der Waals surface area contributed by atoms with Crippen LogP contribution in [0, 0.1) is 0 Å². The molecule has 0 spiro atoms. The third-order valence-electron chi connectivity index (χ3n) is 2.68. The zero-order valence-corrected chi connectivity index (χ0v) is 12.5. The van der Waals surface area contributed by atoms with Gasteiger partial charge in [0.1, 0.15) is 0 Å². The molecule has 0 aliphatic heterocycles. The summed E-state index contributed by atoms with van der Waals surface area (Å²) >= 11 is 4.98. The van der Waals surface area contributed by atoms with Crippen molar-refractivity contribution in [3.8, 4) is 11.3 Å². The fraction of sp³-hybridized carbons (Fsp3) is 0.308. The maximum atomic E-state index is 9.15. The number of benzene rings is 1. The number of aliphatic hydroxyl groups excluding tert-OH is 1. The predicted octanol–water partition coefficient (Wildman–Crippen LogP) is 3.76. The molecule has 1 heterocycles. The smallest absolute Gasteiger partial charge is 0.183 e. The zero-order chi connectivity index (χ0) is 13.0. The molecule has 1 aromatic heterocycles. The third-order valence-corrected chi connectivity index (χ3v) is 3.99. The van der Waals surface area contributed by atoms with Crippen LogP contribution >= 0.6 is 27.3 Å². The van der Waals surface area contributed by atoms with Crippen LogP contribution in [0.5, 0.6) is 0 Å². The number of aliphatic hydroxyl groups is 1. The van der Waals surface area contributed by atoms with E-state index >= 15 is 0 Å². The summed E-state index contributed by atoms with van der Waals surface area (Å²) in [6, 6.07) is 8.15. The average molecular weight is 327 g/mol. The second kappa shape index (κ2) is 6.31. The summed E-state index contributed by atoms with van der Waals surface area (Å²) in [6.45, 7) is 2.17. The van der Waals surface area contributed by atoms with Gasteiger partial charge in [0, 0.05) is 15.4 Å². The number of nitrogens with zero attached hydrogens (tertiary/aromatic N) is 1. The Morgan fingerprint density at radius 2 is 2.11 bits per heavy atom. The summed E-state index contributed by atoms with van der Waals surface area (Å²) in [5.41, 5.74) is 2.06. The minimum atomic E-state index is 0.0777. The van der Waals surface area contributed by atoms with Gasteiger partial charge in [-0.05, 0) is 18.6 Å². The van der Waals surface area contributed by atoms with E-state index in [2.05, 4.69) is 26.2 Å². The lowest BCUT2D eigenvalue weighted by Crippen LogP contribution is -2.22. The van der Waals surface area contributed by atoms with E-state index in [4.69, 9.17) is 5.11 Å². The second-order valence-corrected chi connectivity index (χ2v) is 5.75. The normalized spacial score (nSPS) is 12.4. The maximum absolute atomic E-state index is 9.15. The molecular weight excluding hydrogens is 312 g/mol. The number of hydrogen-bond acceptors (Lipinski definition) is 4. The molecule has 96 valence electrons. The highest BCUT2D eigenvalue weighted by Crippen LogP contribution is 2.26. The Bertz CT molecular complexity index is 494. The summed E-state index contributed by atoms with van der Waals surface area (Å²) in [5.74, 6) is 0. The molecule has 5 heteroatoms. The highest BCUT2D eigenvalue weighted by Gasteiger charge is 2.08. The first-order valence-corrected chi connectivity index (χ1v) is 7.49. The van der Waals surface area contributed by atoms with Crippen LogP contribution in [0.1, 0.15) is 13.3 Å². The molecule has 1 atom stereocenters. The minimum absolute atomic E-state index is 0.0777. The molecule has 0 radical (unpaired) electrons. The number of hydrogen-bond donors (Lipinski definition) is 2. The highest BCUT2D eigenvalue weighted by molar-refractivity contribution is 9.10. The number of nitrogens with one attached hydrogen (secondary N) is 1. The fourth-order valence-corrected chi connectivity index (χ4v) is 2.61. The van der Waals surface area contributed by atoms with E-state index in [0.717, 1.165) is 27.3 Å². The molecular formula is C13H15BrN2OS. The Morgan fingerprint density at radius 3 is 2.72 bits per heavy atom. The topological polar surface area (TPSA) is 45.1 Å². The first-order chi connectivity index (χ1) is 8.72. The summed E-state index contributed by atoms with van der Waals surface area (Å²) in [7, 11) is 0. The number of thiazole rings is 1. The van der Waals surface area contributed by atoms with Gasteiger partial charge in [-0.2, -0.15) is 0 Å². The number of anilines is 1. The van der Waals surface area contributed by atoms with Crippen LogP contribution in [0.2, 0.25) is 0 Å². The summed E-state index contributed by atoms with van der Waals surface area (Å²) in [6.07, 6.45) is 0.879. The van der Waals surface area contributed by atoms with Crippen molar-refractivity contribution < 1.29 is 5.11 Å². The first kappa shape index (κ1) is 13.5. The Morgan fingerprint density at radius 1 is 1.39 bits per heavy atom. The molecule has 2 aromatic rings. The molecule has 0 amide bonds. The van der Waals surface area contributed by atoms with Gasteiger partial charge in [-0.25, -0.2) is 4.98 Å². The van der Waals surface area contributed by atoms with Gasteiger partial charge in [0.2, 0.25) is 0 Å². The van der Waals surface area contributed by atoms with Crippen LogP contribution in [0.25, 0.3) is 11.3 Å². The van der Waals surface area contributed by atoms with Crippen molar-refractivity contribution in [1.29, 1.82) is 0 Å². The summed E-state index contributed by atoms with van der Waals surface area (Å²) < 4.78 is 1.06. The van der Waals surface area contributed by atoms with Crippen molar-refractivity contribution in [3.63, 3.8) is 0 Å². The van der Waals surface area contributed by atoms with Crippen LogP contribution in [0.15, 0.2) is 34.1 Å². The van der Waals surface area contributed by atoms with E-state index in [1.54, 1.807) is 11.3 Å². The van der Waals surface area contributed by atoms with Gasteiger partial charge in [-0.1, -0.05) is 35.0 Å². The molecule has 18 heavy (non-hydrogen) atoms.